The van der Waals surface area contributed by atoms with Crippen LogP contribution in [0, 0.1) is 5.92 Å². The number of rotatable bonds is 9. The molecule has 1 spiro atoms. The third kappa shape index (κ3) is 6.26. The van der Waals surface area contributed by atoms with Crippen LogP contribution in [0.4, 0.5) is 17.1 Å². The van der Waals surface area contributed by atoms with Gasteiger partial charge in [0.1, 0.15) is 5.75 Å². The Morgan fingerprint density at radius 2 is 1.63 bits per heavy atom. The number of benzene rings is 6. The number of ether oxygens (including phenoxy) is 2. The minimum Gasteiger partial charge on any atom is -0.497 e. The second-order valence-corrected chi connectivity index (χ2v) is 23.3. The number of hydrogen-bond acceptors (Lipinski definition) is 6. The molecule has 1 fully saturated rings. The molecule has 0 radical (unpaired) electrons. The molecule has 314 valence electrons. The van der Waals surface area contributed by atoms with Gasteiger partial charge in [-0.3, -0.25) is 19.3 Å². The SMILES string of the molecule is COc1ccc([Si](C)(C)[C@H]2[C@H](CC(=O)N3Cc4ccccc4C[C@H]3CO)O[C@@]3(C(=O)N(Cc4cccc(N5C(=O)c6cccc7cccc5c67)c4)c4ccc(Br)cc43)[C@@H]2C)cc1. The first kappa shape index (κ1) is 40.5. The average Bonchev–Trinajstić information content (AvgIpc) is 3.84. The van der Waals surface area contributed by atoms with Crippen LogP contribution in [0.25, 0.3) is 10.8 Å². The van der Waals surface area contributed by atoms with Crippen molar-refractivity contribution in [1.29, 1.82) is 0 Å². The number of nitrogens with zero attached hydrogens (tertiary/aromatic N) is 3. The van der Waals surface area contributed by atoms with E-state index in [1.54, 1.807) is 12.0 Å². The summed E-state index contributed by atoms with van der Waals surface area (Å²) in [7, 11) is -0.902. The van der Waals surface area contributed by atoms with E-state index in [2.05, 4.69) is 54.1 Å². The van der Waals surface area contributed by atoms with Crippen LogP contribution >= 0.6 is 15.9 Å². The summed E-state index contributed by atoms with van der Waals surface area (Å²) >= 11 is 3.73. The fourth-order valence-corrected chi connectivity index (χ4v) is 15.5. The molecule has 1 N–H and O–H groups in total. The topological polar surface area (TPSA) is 99.6 Å². The van der Waals surface area contributed by atoms with E-state index in [1.807, 2.05) is 119 Å². The Kier molecular flexibility index (Phi) is 10.0. The Labute approximate surface area is 371 Å². The summed E-state index contributed by atoms with van der Waals surface area (Å²) in [6, 6.07) is 41.5. The maximum absolute atomic E-state index is 15.6. The van der Waals surface area contributed by atoms with Gasteiger partial charge in [0, 0.05) is 33.6 Å². The summed E-state index contributed by atoms with van der Waals surface area (Å²) in [4.78, 5) is 49.7. The normalized spacial score (nSPS) is 22.8. The maximum Gasteiger partial charge on any atom is 0.264 e. The first-order chi connectivity index (χ1) is 29.9. The highest BCUT2D eigenvalue weighted by Crippen LogP contribution is 2.60. The molecular weight excluding hydrogens is 859 g/mol. The number of aliphatic hydroxyl groups is 1. The van der Waals surface area contributed by atoms with Gasteiger partial charge in [0.2, 0.25) is 5.91 Å². The Morgan fingerprint density at radius 3 is 2.39 bits per heavy atom. The quantitative estimate of drug-likeness (QED) is 0.146. The second-order valence-electron chi connectivity index (χ2n) is 17.7. The molecule has 1 saturated heterocycles. The van der Waals surface area contributed by atoms with E-state index in [4.69, 9.17) is 9.47 Å². The van der Waals surface area contributed by atoms with Crippen LogP contribution in [0.3, 0.4) is 0 Å². The molecule has 9 nitrogen and oxygen atoms in total. The van der Waals surface area contributed by atoms with Crippen molar-refractivity contribution in [3.05, 3.63) is 160 Å². The molecule has 0 aromatic heterocycles. The zero-order valence-electron chi connectivity index (χ0n) is 35.2. The van der Waals surface area contributed by atoms with E-state index in [0.717, 1.165) is 60.3 Å². The van der Waals surface area contributed by atoms with Gasteiger partial charge < -0.3 is 24.4 Å². The molecular formula is C51H48BrN3O6Si. The predicted molar refractivity (Wildman–Crippen MR) is 248 cm³/mol. The Bertz CT molecular complexity index is 2790. The predicted octanol–water partition coefficient (Wildman–Crippen LogP) is 9.00. The van der Waals surface area contributed by atoms with Crippen LogP contribution in [0.5, 0.6) is 5.75 Å². The lowest BCUT2D eigenvalue weighted by Crippen LogP contribution is -2.52. The van der Waals surface area contributed by atoms with Crippen LogP contribution in [0.2, 0.25) is 18.6 Å². The van der Waals surface area contributed by atoms with Gasteiger partial charge in [-0.05, 0) is 88.6 Å². The molecule has 0 unspecified atom stereocenters. The molecule has 5 atom stereocenters. The summed E-state index contributed by atoms with van der Waals surface area (Å²) in [5.74, 6) is 0.0940. The van der Waals surface area contributed by atoms with Crippen LogP contribution in [-0.4, -0.2) is 61.7 Å². The lowest BCUT2D eigenvalue weighted by molar-refractivity contribution is -0.151. The number of hydrogen-bond donors (Lipinski definition) is 1. The first-order valence-corrected chi connectivity index (χ1v) is 25.2. The number of carbonyl (C=O) groups excluding carboxylic acids is 3. The number of halogens is 1. The van der Waals surface area contributed by atoms with Gasteiger partial charge in [0.15, 0.2) is 5.60 Å². The Hall–Kier alpha value is -5.59. The lowest BCUT2D eigenvalue weighted by Gasteiger charge is -2.39. The van der Waals surface area contributed by atoms with Crippen molar-refractivity contribution in [2.45, 2.75) is 69.2 Å². The summed E-state index contributed by atoms with van der Waals surface area (Å²) in [6.45, 7) is 7.26. The van der Waals surface area contributed by atoms with Gasteiger partial charge in [-0.2, -0.15) is 0 Å². The van der Waals surface area contributed by atoms with Gasteiger partial charge in [-0.15, -0.1) is 0 Å². The third-order valence-electron chi connectivity index (χ3n) is 14.1. The molecule has 4 aliphatic heterocycles. The van der Waals surface area contributed by atoms with E-state index in [-0.39, 0.29) is 54.8 Å². The van der Waals surface area contributed by atoms with Crippen LogP contribution in [0.15, 0.2) is 132 Å². The van der Waals surface area contributed by atoms with Crippen LogP contribution < -0.4 is 19.7 Å². The molecule has 11 heteroatoms. The largest absolute Gasteiger partial charge is 0.497 e. The molecule has 3 amide bonds. The molecule has 4 heterocycles. The summed E-state index contributed by atoms with van der Waals surface area (Å²) < 4.78 is 13.7. The first-order valence-electron chi connectivity index (χ1n) is 21.3. The number of anilines is 3. The molecule has 10 rings (SSSR count). The van der Waals surface area contributed by atoms with Gasteiger partial charge >= 0.3 is 0 Å². The molecule has 62 heavy (non-hydrogen) atoms. The minimum atomic E-state index is -2.56. The summed E-state index contributed by atoms with van der Waals surface area (Å²) in [6.07, 6.45) is 0.0479. The number of fused-ring (bicyclic) bond motifs is 3. The van der Waals surface area contributed by atoms with Crippen molar-refractivity contribution in [3.63, 3.8) is 0 Å². The highest BCUT2D eigenvalue weighted by molar-refractivity contribution is 9.10. The van der Waals surface area contributed by atoms with E-state index >= 15 is 4.79 Å². The zero-order chi connectivity index (χ0) is 43.1. The van der Waals surface area contributed by atoms with Crippen LogP contribution in [-0.2, 0) is 39.4 Å². The standard InChI is InChI=1S/C51H48BrN3O6Si/c1-31-48(62(3,4)40-21-19-39(60-2)20-22-40)45(27-46(57)53-29-35-12-6-5-11-34(35)25-38(53)30-56)61-51(31)42-26-36(52)18-23-43(42)54(50(51)59)28-32-10-7-15-37(24-32)55-44-17-9-14-33-13-8-16-41(47(33)44)49(55)58/h5-24,26,31,38,45,48,56H,25,27-30H2,1-4H3/t31-,38+,45+,48-,51+/m1/s1. The Balaban J connectivity index is 1.02. The van der Waals surface area contributed by atoms with Crippen molar-refractivity contribution >= 4 is 74.7 Å². The monoisotopic (exact) mass is 905 g/mol. The zero-order valence-corrected chi connectivity index (χ0v) is 37.8. The minimum absolute atomic E-state index is 0.0691. The molecule has 4 aliphatic rings. The summed E-state index contributed by atoms with van der Waals surface area (Å²) in [5, 5.41) is 13.7. The Morgan fingerprint density at radius 1 is 0.887 bits per heavy atom. The van der Waals surface area contributed by atoms with Gasteiger partial charge in [-0.25, -0.2) is 0 Å². The second kappa shape index (κ2) is 15.3. The van der Waals surface area contributed by atoms with Gasteiger partial charge in [0.25, 0.3) is 11.8 Å². The van der Waals surface area contributed by atoms with Crippen molar-refractivity contribution in [3.8, 4) is 5.75 Å². The van der Waals surface area contributed by atoms with Crippen molar-refractivity contribution < 1.29 is 29.0 Å². The van der Waals surface area contributed by atoms with E-state index < -0.39 is 19.8 Å². The van der Waals surface area contributed by atoms with Crippen LogP contribution in [0.1, 0.15) is 46.0 Å². The fourth-order valence-electron chi connectivity index (χ4n) is 11.1. The average molecular weight is 907 g/mol. The van der Waals surface area contributed by atoms with E-state index in [9.17, 15) is 14.7 Å². The van der Waals surface area contributed by atoms with Crippen molar-refractivity contribution in [1.82, 2.24) is 4.90 Å². The highest BCUT2D eigenvalue weighted by Gasteiger charge is 2.66. The summed E-state index contributed by atoms with van der Waals surface area (Å²) in [5.41, 5.74) is 5.32. The molecule has 6 aromatic rings. The van der Waals surface area contributed by atoms with Crippen molar-refractivity contribution in [2.24, 2.45) is 5.92 Å². The maximum atomic E-state index is 15.6. The number of carbonyl (C=O) groups is 3. The van der Waals surface area contributed by atoms with Crippen molar-refractivity contribution in [2.75, 3.05) is 23.5 Å². The number of methoxy groups -OCH3 is 1. The van der Waals surface area contributed by atoms with E-state index in [0.29, 0.717) is 18.5 Å². The molecule has 0 aliphatic carbocycles. The van der Waals surface area contributed by atoms with Gasteiger partial charge in [0.05, 0.1) is 63.8 Å². The van der Waals surface area contributed by atoms with Gasteiger partial charge in [-0.1, -0.05) is 114 Å². The molecule has 0 saturated carbocycles. The fraction of sp³-hybridized carbons (Fsp3) is 0.275. The molecule has 0 bridgehead atoms. The number of amides is 3. The number of aliphatic hydroxyl groups excluding tert-OH is 1. The highest BCUT2D eigenvalue weighted by atomic mass is 79.9. The third-order valence-corrected chi connectivity index (χ3v) is 19.0. The molecule has 6 aromatic carbocycles. The smallest absolute Gasteiger partial charge is 0.264 e. The lowest BCUT2D eigenvalue weighted by atomic mass is 9.82. The van der Waals surface area contributed by atoms with E-state index in [1.165, 1.54) is 5.19 Å².